The first kappa shape index (κ1) is 28.4. The minimum absolute atomic E-state index is 0.0954. The SMILES string of the molecule is COc1ccc(/C=N\NC(=O)[C@H](Cc2ccccc2)NC(=O)[C@H](C)Oc2ccc(Cl)cc2Cl)cc1[N+](=O)[O-]. The molecule has 12 heteroatoms. The number of nitro benzene ring substituents is 1. The normalized spacial score (nSPS) is 12.4. The number of carbonyl (C=O) groups is 2. The molecular formula is C26H24Cl2N4O6. The molecule has 2 amide bonds. The second-order valence-electron chi connectivity index (χ2n) is 8.01. The number of nitrogens with one attached hydrogen (secondary N) is 2. The van der Waals surface area contributed by atoms with E-state index in [9.17, 15) is 19.7 Å². The third kappa shape index (κ3) is 7.92. The standard InChI is InChI=1S/C26H24Cl2N4O6/c1-16(38-23-11-9-19(27)14-20(23)28)25(33)30-21(12-17-6-4-3-5-7-17)26(34)31-29-15-18-8-10-24(37-2)22(13-18)32(35)36/h3-11,13-16,21H,12H2,1-2H3,(H,30,33)(H,31,34)/b29-15-/t16-,21-/m0/s1. The smallest absolute Gasteiger partial charge is 0.311 e. The van der Waals surface area contributed by atoms with Crippen molar-refractivity contribution in [2.45, 2.75) is 25.5 Å². The van der Waals surface area contributed by atoms with Gasteiger partial charge in [-0.3, -0.25) is 19.7 Å². The van der Waals surface area contributed by atoms with E-state index >= 15 is 0 Å². The predicted octanol–water partition coefficient (Wildman–Crippen LogP) is 4.56. The molecule has 0 saturated carbocycles. The van der Waals surface area contributed by atoms with Crippen molar-refractivity contribution in [1.82, 2.24) is 10.7 Å². The summed E-state index contributed by atoms with van der Waals surface area (Å²) in [6.45, 7) is 1.52. The van der Waals surface area contributed by atoms with Gasteiger partial charge in [0.15, 0.2) is 11.9 Å². The maximum atomic E-state index is 13.0. The number of hydrogen-bond acceptors (Lipinski definition) is 7. The van der Waals surface area contributed by atoms with Crippen molar-refractivity contribution in [3.63, 3.8) is 0 Å². The summed E-state index contributed by atoms with van der Waals surface area (Å²) in [6.07, 6.45) is 0.444. The molecule has 198 valence electrons. The Morgan fingerprint density at radius 2 is 1.76 bits per heavy atom. The summed E-state index contributed by atoms with van der Waals surface area (Å²) in [6, 6.07) is 16.9. The quantitative estimate of drug-likeness (QED) is 0.201. The molecule has 2 N–H and O–H groups in total. The number of halogens is 2. The minimum atomic E-state index is -1.00. The Morgan fingerprint density at radius 1 is 1.05 bits per heavy atom. The van der Waals surface area contributed by atoms with Crippen molar-refractivity contribution < 1.29 is 24.0 Å². The second-order valence-corrected chi connectivity index (χ2v) is 8.85. The van der Waals surface area contributed by atoms with Crippen molar-refractivity contribution in [1.29, 1.82) is 0 Å². The number of carbonyl (C=O) groups excluding carboxylic acids is 2. The Kier molecular flexibility index (Phi) is 10.0. The van der Waals surface area contributed by atoms with Gasteiger partial charge in [0.25, 0.3) is 11.8 Å². The van der Waals surface area contributed by atoms with E-state index in [4.69, 9.17) is 32.7 Å². The minimum Gasteiger partial charge on any atom is -0.490 e. The fourth-order valence-corrected chi connectivity index (χ4v) is 3.79. The molecule has 0 heterocycles. The highest BCUT2D eigenvalue weighted by molar-refractivity contribution is 6.35. The summed E-state index contributed by atoms with van der Waals surface area (Å²) in [5.41, 5.74) is 3.30. The number of hydrazone groups is 1. The van der Waals surface area contributed by atoms with Crippen molar-refractivity contribution >= 4 is 46.9 Å². The van der Waals surface area contributed by atoms with Crippen LogP contribution in [-0.4, -0.2) is 42.2 Å². The molecule has 3 aromatic carbocycles. The zero-order chi connectivity index (χ0) is 27.7. The van der Waals surface area contributed by atoms with E-state index in [1.54, 1.807) is 18.2 Å². The molecule has 0 radical (unpaired) electrons. The van der Waals surface area contributed by atoms with Gasteiger partial charge in [-0.2, -0.15) is 5.10 Å². The Hall–Kier alpha value is -4.15. The summed E-state index contributed by atoms with van der Waals surface area (Å²) in [5, 5.41) is 18.5. The molecule has 0 bridgehead atoms. The van der Waals surface area contributed by atoms with Gasteiger partial charge in [-0.15, -0.1) is 0 Å². The first-order valence-electron chi connectivity index (χ1n) is 11.3. The van der Waals surface area contributed by atoms with E-state index in [1.165, 1.54) is 38.4 Å². The lowest BCUT2D eigenvalue weighted by Gasteiger charge is -2.21. The summed E-state index contributed by atoms with van der Waals surface area (Å²) >= 11 is 12.0. The first-order valence-corrected chi connectivity index (χ1v) is 12.0. The molecule has 0 aliphatic carbocycles. The van der Waals surface area contributed by atoms with Crippen molar-refractivity contribution in [2.24, 2.45) is 5.10 Å². The second kappa shape index (κ2) is 13.4. The number of amides is 2. The van der Waals surface area contributed by atoms with Gasteiger partial charge in [0.1, 0.15) is 11.8 Å². The number of rotatable bonds is 11. The fourth-order valence-electron chi connectivity index (χ4n) is 3.34. The van der Waals surface area contributed by atoms with Crippen LogP contribution < -0.4 is 20.2 Å². The molecule has 0 fully saturated rings. The lowest BCUT2D eigenvalue weighted by atomic mass is 10.1. The van der Waals surface area contributed by atoms with Crippen molar-refractivity contribution in [3.05, 3.63) is 98.0 Å². The summed E-state index contributed by atoms with van der Waals surface area (Å²) in [4.78, 5) is 36.5. The van der Waals surface area contributed by atoms with Gasteiger partial charge in [-0.05, 0) is 42.8 Å². The molecule has 0 aromatic heterocycles. The zero-order valence-corrected chi connectivity index (χ0v) is 21.9. The van der Waals surface area contributed by atoms with Crippen LogP contribution in [0, 0.1) is 10.1 Å². The van der Waals surface area contributed by atoms with Crippen molar-refractivity contribution in [2.75, 3.05) is 7.11 Å². The van der Waals surface area contributed by atoms with Gasteiger partial charge in [-0.25, -0.2) is 5.43 Å². The molecule has 2 atom stereocenters. The molecule has 38 heavy (non-hydrogen) atoms. The molecule has 0 saturated heterocycles. The average molecular weight is 559 g/mol. The monoisotopic (exact) mass is 558 g/mol. The number of benzene rings is 3. The number of nitrogens with zero attached hydrogens (tertiary/aromatic N) is 2. The highest BCUT2D eigenvalue weighted by atomic mass is 35.5. The lowest BCUT2D eigenvalue weighted by Crippen LogP contribution is -2.50. The van der Waals surface area contributed by atoms with Gasteiger partial charge in [0, 0.05) is 23.1 Å². The van der Waals surface area contributed by atoms with Crippen LogP contribution in [0.4, 0.5) is 5.69 Å². The Labute approximate surface area is 228 Å². The number of nitro groups is 1. The molecule has 10 nitrogen and oxygen atoms in total. The van der Waals surface area contributed by atoms with Crippen LogP contribution in [-0.2, 0) is 16.0 Å². The molecule has 0 aliphatic rings. The van der Waals surface area contributed by atoms with Crippen LogP contribution in [0.5, 0.6) is 11.5 Å². The van der Waals surface area contributed by atoms with Gasteiger partial charge >= 0.3 is 5.69 Å². The lowest BCUT2D eigenvalue weighted by molar-refractivity contribution is -0.385. The van der Waals surface area contributed by atoms with E-state index in [0.717, 1.165) is 5.56 Å². The molecule has 3 rings (SSSR count). The van der Waals surface area contributed by atoms with E-state index in [0.29, 0.717) is 10.6 Å². The van der Waals surface area contributed by atoms with Crippen LogP contribution in [0.1, 0.15) is 18.1 Å². The maximum absolute atomic E-state index is 13.0. The number of ether oxygens (including phenoxy) is 2. The average Bonchev–Trinajstić information content (AvgIpc) is 2.90. The van der Waals surface area contributed by atoms with E-state index in [-0.39, 0.29) is 28.6 Å². The Bertz CT molecular complexity index is 1340. The summed E-state index contributed by atoms with van der Waals surface area (Å²) in [7, 11) is 1.33. The van der Waals surface area contributed by atoms with Crippen LogP contribution in [0.15, 0.2) is 71.8 Å². The fraction of sp³-hybridized carbons (Fsp3) is 0.192. The van der Waals surface area contributed by atoms with Gasteiger partial charge in [-0.1, -0.05) is 53.5 Å². The molecule has 0 spiro atoms. The maximum Gasteiger partial charge on any atom is 0.311 e. The highest BCUT2D eigenvalue weighted by Gasteiger charge is 2.25. The van der Waals surface area contributed by atoms with Crippen LogP contribution in [0.3, 0.4) is 0 Å². The zero-order valence-electron chi connectivity index (χ0n) is 20.4. The van der Waals surface area contributed by atoms with Crippen LogP contribution in [0.2, 0.25) is 10.0 Å². The largest absolute Gasteiger partial charge is 0.490 e. The highest BCUT2D eigenvalue weighted by Crippen LogP contribution is 2.28. The topological polar surface area (TPSA) is 132 Å². The third-order valence-corrected chi connectivity index (χ3v) is 5.80. The van der Waals surface area contributed by atoms with Crippen LogP contribution in [0.25, 0.3) is 0 Å². The van der Waals surface area contributed by atoms with E-state index in [1.807, 2.05) is 30.3 Å². The number of methoxy groups -OCH3 is 1. The van der Waals surface area contributed by atoms with Gasteiger partial charge in [0.05, 0.1) is 23.3 Å². The molecule has 0 aliphatic heterocycles. The summed E-state index contributed by atoms with van der Waals surface area (Å²) < 4.78 is 10.6. The summed E-state index contributed by atoms with van der Waals surface area (Å²) in [5.74, 6) is -0.793. The molecule has 0 unspecified atom stereocenters. The predicted molar refractivity (Wildman–Crippen MR) is 144 cm³/mol. The van der Waals surface area contributed by atoms with Crippen molar-refractivity contribution in [3.8, 4) is 11.5 Å². The van der Waals surface area contributed by atoms with Gasteiger partial charge < -0.3 is 14.8 Å². The first-order chi connectivity index (χ1) is 18.2. The molecule has 3 aromatic rings. The molecular weight excluding hydrogens is 535 g/mol. The Balaban J connectivity index is 1.71. The van der Waals surface area contributed by atoms with E-state index < -0.39 is 28.9 Å². The number of hydrogen-bond donors (Lipinski definition) is 2. The van der Waals surface area contributed by atoms with Gasteiger partial charge in [0.2, 0.25) is 0 Å². The van der Waals surface area contributed by atoms with E-state index in [2.05, 4.69) is 15.8 Å². The Morgan fingerprint density at radius 3 is 2.42 bits per heavy atom. The van der Waals surface area contributed by atoms with Crippen LogP contribution >= 0.6 is 23.2 Å². The third-order valence-electron chi connectivity index (χ3n) is 5.27.